The van der Waals surface area contributed by atoms with Crippen LogP contribution in [0.25, 0.3) is 11.0 Å². The molecule has 78 valence electrons. The predicted octanol–water partition coefficient (Wildman–Crippen LogP) is 2.50. The van der Waals surface area contributed by atoms with Gasteiger partial charge in [-0.2, -0.15) is 0 Å². The van der Waals surface area contributed by atoms with Crippen LogP contribution in [0, 0.1) is 0 Å². The average molecular weight is 269 g/mol. The maximum atomic E-state index is 11.4. The van der Waals surface area contributed by atoms with E-state index in [1.165, 1.54) is 0 Å². The molecule has 5 heteroatoms. The summed E-state index contributed by atoms with van der Waals surface area (Å²) in [5.74, 6) is -0.359. The van der Waals surface area contributed by atoms with E-state index in [2.05, 4.69) is 25.9 Å². The standard InChI is InChI=1S/C10H9BrN2O2/c1-2-15-10(14)8-5-6-7(11)3-4-12-9(6)13-8/h3-5H,2H2,1H3,(H,12,13). The third-order valence-corrected chi connectivity index (χ3v) is 2.67. The van der Waals surface area contributed by atoms with E-state index in [9.17, 15) is 4.79 Å². The molecule has 0 saturated heterocycles. The zero-order chi connectivity index (χ0) is 10.8. The number of fused-ring (bicyclic) bond motifs is 1. The van der Waals surface area contributed by atoms with E-state index >= 15 is 0 Å². The first-order valence-corrected chi connectivity index (χ1v) is 5.32. The number of esters is 1. The van der Waals surface area contributed by atoms with Crippen LogP contribution in [0.1, 0.15) is 17.4 Å². The molecule has 0 aromatic carbocycles. The van der Waals surface area contributed by atoms with Crippen LogP contribution in [0.3, 0.4) is 0 Å². The maximum absolute atomic E-state index is 11.4. The van der Waals surface area contributed by atoms with Gasteiger partial charge in [0.05, 0.1) is 6.61 Å². The molecule has 0 spiro atoms. The molecular formula is C10H9BrN2O2. The van der Waals surface area contributed by atoms with Gasteiger partial charge in [0.25, 0.3) is 0 Å². The third kappa shape index (κ3) is 1.87. The minimum atomic E-state index is -0.359. The predicted molar refractivity (Wildman–Crippen MR) is 59.8 cm³/mol. The summed E-state index contributed by atoms with van der Waals surface area (Å²) in [7, 11) is 0. The molecule has 0 atom stereocenters. The number of aromatic amines is 1. The molecule has 0 aliphatic carbocycles. The highest BCUT2D eigenvalue weighted by Gasteiger charge is 2.11. The molecule has 2 aromatic rings. The number of hydrogen-bond donors (Lipinski definition) is 1. The van der Waals surface area contributed by atoms with Crippen molar-refractivity contribution < 1.29 is 9.53 Å². The van der Waals surface area contributed by atoms with Gasteiger partial charge in [0.15, 0.2) is 0 Å². The molecule has 1 N–H and O–H groups in total. The first-order valence-electron chi connectivity index (χ1n) is 4.52. The zero-order valence-corrected chi connectivity index (χ0v) is 9.67. The Morgan fingerprint density at radius 3 is 3.13 bits per heavy atom. The number of ether oxygens (including phenoxy) is 1. The summed E-state index contributed by atoms with van der Waals surface area (Å²) in [5, 5.41) is 0.876. The Balaban J connectivity index is 2.47. The number of nitrogens with zero attached hydrogens (tertiary/aromatic N) is 1. The fourth-order valence-corrected chi connectivity index (χ4v) is 1.73. The van der Waals surface area contributed by atoms with Gasteiger partial charge in [0.2, 0.25) is 0 Å². The van der Waals surface area contributed by atoms with Crippen LogP contribution in [-0.2, 0) is 4.74 Å². The smallest absolute Gasteiger partial charge is 0.354 e. The molecule has 0 bridgehead atoms. The Bertz CT molecular complexity index is 507. The van der Waals surface area contributed by atoms with Crippen LogP contribution in [0.15, 0.2) is 22.8 Å². The number of pyridine rings is 1. The normalized spacial score (nSPS) is 10.5. The summed E-state index contributed by atoms with van der Waals surface area (Å²) < 4.78 is 5.79. The molecule has 0 saturated carbocycles. The number of H-pyrrole nitrogens is 1. The summed E-state index contributed by atoms with van der Waals surface area (Å²) in [4.78, 5) is 18.4. The largest absolute Gasteiger partial charge is 0.461 e. The van der Waals surface area contributed by atoms with Gasteiger partial charge in [0.1, 0.15) is 11.3 Å². The number of aromatic nitrogens is 2. The van der Waals surface area contributed by atoms with Crippen molar-refractivity contribution in [2.45, 2.75) is 6.92 Å². The van der Waals surface area contributed by atoms with Gasteiger partial charge in [-0.3, -0.25) is 0 Å². The second-order valence-corrected chi connectivity index (χ2v) is 3.81. The molecular weight excluding hydrogens is 260 g/mol. The van der Waals surface area contributed by atoms with Gasteiger partial charge in [-0.25, -0.2) is 9.78 Å². The van der Waals surface area contributed by atoms with E-state index < -0.39 is 0 Å². The molecule has 15 heavy (non-hydrogen) atoms. The molecule has 4 nitrogen and oxygen atoms in total. The van der Waals surface area contributed by atoms with Crippen LogP contribution < -0.4 is 0 Å². The van der Waals surface area contributed by atoms with E-state index in [0.717, 1.165) is 9.86 Å². The van der Waals surface area contributed by atoms with Crippen molar-refractivity contribution in [2.24, 2.45) is 0 Å². The zero-order valence-electron chi connectivity index (χ0n) is 8.08. The minimum absolute atomic E-state index is 0.359. The first-order chi connectivity index (χ1) is 7.22. The lowest BCUT2D eigenvalue weighted by Gasteiger charge is -1.96. The van der Waals surface area contributed by atoms with Crippen LogP contribution in [0.4, 0.5) is 0 Å². The second-order valence-electron chi connectivity index (χ2n) is 2.96. The molecule has 2 heterocycles. The average Bonchev–Trinajstić information content (AvgIpc) is 2.63. The van der Waals surface area contributed by atoms with E-state index in [1.54, 1.807) is 19.2 Å². The maximum Gasteiger partial charge on any atom is 0.354 e. The summed E-state index contributed by atoms with van der Waals surface area (Å²) in [6, 6.07) is 3.55. The van der Waals surface area contributed by atoms with Gasteiger partial charge in [0, 0.05) is 16.1 Å². The third-order valence-electron chi connectivity index (χ3n) is 1.97. The Kier molecular flexibility index (Phi) is 2.73. The topological polar surface area (TPSA) is 55.0 Å². The highest BCUT2D eigenvalue weighted by Crippen LogP contribution is 2.22. The second kappa shape index (κ2) is 4.02. The fourth-order valence-electron chi connectivity index (χ4n) is 1.31. The summed E-state index contributed by atoms with van der Waals surface area (Å²) in [6.45, 7) is 2.14. The summed E-state index contributed by atoms with van der Waals surface area (Å²) in [6.07, 6.45) is 1.66. The summed E-state index contributed by atoms with van der Waals surface area (Å²) >= 11 is 3.39. The van der Waals surface area contributed by atoms with Gasteiger partial charge >= 0.3 is 5.97 Å². The van der Waals surface area contributed by atoms with Gasteiger partial charge < -0.3 is 9.72 Å². The molecule has 2 aromatic heterocycles. The lowest BCUT2D eigenvalue weighted by molar-refractivity contribution is 0.0520. The number of carbonyl (C=O) groups excluding carboxylic acids is 1. The molecule has 0 aliphatic heterocycles. The highest BCUT2D eigenvalue weighted by molar-refractivity contribution is 9.10. The van der Waals surface area contributed by atoms with E-state index in [4.69, 9.17) is 4.74 Å². The number of halogens is 1. The van der Waals surface area contributed by atoms with Crippen molar-refractivity contribution >= 4 is 32.9 Å². The van der Waals surface area contributed by atoms with E-state index in [0.29, 0.717) is 17.9 Å². The van der Waals surface area contributed by atoms with E-state index in [-0.39, 0.29) is 5.97 Å². The van der Waals surface area contributed by atoms with Crippen molar-refractivity contribution in [2.75, 3.05) is 6.61 Å². The number of nitrogens with one attached hydrogen (secondary N) is 1. The molecule has 0 radical (unpaired) electrons. The van der Waals surface area contributed by atoms with Gasteiger partial charge in [-0.15, -0.1) is 0 Å². The van der Waals surface area contributed by atoms with Gasteiger partial charge in [-0.05, 0) is 35.0 Å². The van der Waals surface area contributed by atoms with Crippen LogP contribution in [0.2, 0.25) is 0 Å². The minimum Gasteiger partial charge on any atom is -0.461 e. The van der Waals surface area contributed by atoms with Crippen LogP contribution in [0.5, 0.6) is 0 Å². The first kappa shape index (κ1) is 10.2. The molecule has 0 fully saturated rings. The Morgan fingerprint density at radius 2 is 2.47 bits per heavy atom. The SMILES string of the molecule is CCOC(=O)c1cc2c(Br)ccnc2[nH]1. The van der Waals surface area contributed by atoms with Crippen molar-refractivity contribution in [1.82, 2.24) is 9.97 Å². The number of rotatable bonds is 2. The highest BCUT2D eigenvalue weighted by atomic mass is 79.9. The van der Waals surface area contributed by atoms with Crippen molar-refractivity contribution in [1.29, 1.82) is 0 Å². The summed E-state index contributed by atoms with van der Waals surface area (Å²) in [5.41, 5.74) is 1.10. The Morgan fingerprint density at radius 1 is 1.67 bits per heavy atom. The lowest BCUT2D eigenvalue weighted by Crippen LogP contribution is -2.04. The van der Waals surface area contributed by atoms with Gasteiger partial charge in [-0.1, -0.05) is 0 Å². The van der Waals surface area contributed by atoms with Crippen LogP contribution >= 0.6 is 15.9 Å². The fraction of sp³-hybridized carbons (Fsp3) is 0.200. The van der Waals surface area contributed by atoms with Crippen molar-refractivity contribution in [3.05, 3.63) is 28.5 Å². The lowest BCUT2D eigenvalue weighted by atomic mass is 10.3. The molecule has 0 amide bonds. The molecule has 2 rings (SSSR count). The molecule has 0 aliphatic rings. The molecule has 0 unspecified atom stereocenters. The number of hydrogen-bond acceptors (Lipinski definition) is 3. The van der Waals surface area contributed by atoms with Crippen LogP contribution in [-0.4, -0.2) is 22.5 Å². The Labute approximate surface area is 94.8 Å². The Hall–Kier alpha value is -1.36. The van der Waals surface area contributed by atoms with Crippen molar-refractivity contribution in [3.8, 4) is 0 Å². The monoisotopic (exact) mass is 268 g/mol. The van der Waals surface area contributed by atoms with E-state index in [1.807, 2.05) is 6.07 Å². The quantitative estimate of drug-likeness (QED) is 0.852. The van der Waals surface area contributed by atoms with Crippen molar-refractivity contribution in [3.63, 3.8) is 0 Å². The number of carbonyl (C=O) groups is 1.